The van der Waals surface area contributed by atoms with E-state index in [0.29, 0.717) is 23.8 Å². The van der Waals surface area contributed by atoms with Crippen molar-refractivity contribution in [1.82, 2.24) is 15.1 Å². The van der Waals surface area contributed by atoms with E-state index >= 15 is 0 Å². The van der Waals surface area contributed by atoms with Crippen molar-refractivity contribution in [2.24, 2.45) is 0 Å². The maximum absolute atomic E-state index is 12.1. The Morgan fingerprint density at radius 1 is 1.08 bits per heavy atom. The van der Waals surface area contributed by atoms with E-state index in [-0.39, 0.29) is 6.03 Å². The summed E-state index contributed by atoms with van der Waals surface area (Å²) in [5.74, 6) is 0. The predicted molar refractivity (Wildman–Crippen MR) is 105 cm³/mol. The summed E-state index contributed by atoms with van der Waals surface area (Å²) in [6.45, 7) is 5.12. The number of nitrogens with zero attached hydrogens (tertiary/aromatic N) is 2. The molecule has 1 heterocycles. The molecule has 2 N–H and O–H groups in total. The molecular formula is C20H21ClN4O. The third-order valence-electron chi connectivity index (χ3n) is 4.23. The van der Waals surface area contributed by atoms with Gasteiger partial charge in [0.15, 0.2) is 0 Å². The minimum absolute atomic E-state index is 0.262. The molecule has 0 saturated heterocycles. The maximum Gasteiger partial charge on any atom is 0.319 e. The molecule has 5 nitrogen and oxygen atoms in total. The fraction of sp³-hybridized carbons (Fsp3) is 0.200. The first-order valence-corrected chi connectivity index (χ1v) is 8.78. The van der Waals surface area contributed by atoms with Crippen molar-refractivity contribution in [2.45, 2.75) is 26.9 Å². The number of rotatable bonds is 5. The first-order valence-electron chi connectivity index (χ1n) is 8.40. The van der Waals surface area contributed by atoms with Crippen LogP contribution in [0.3, 0.4) is 0 Å². The van der Waals surface area contributed by atoms with Gasteiger partial charge in [-0.25, -0.2) is 4.79 Å². The van der Waals surface area contributed by atoms with E-state index in [1.54, 1.807) is 24.3 Å². The van der Waals surface area contributed by atoms with Gasteiger partial charge in [0.05, 0.1) is 12.2 Å². The lowest BCUT2D eigenvalue weighted by Gasteiger charge is -2.09. The summed E-state index contributed by atoms with van der Waals surface area (Å²) in [6.07, 6.45) is 0. The lowest BCUT2D eigenvalue weighted by atomic mass is 10.2. The van der Waals surface area contributed by atoms with Gasteiger partial charge in [0.2, 0.25) is 0 Å². The number of nitrogens with one attached hydrogen (secondary N) is 2. The molecule has 0 fully saturated rings. The van der Waals surface area contributed by atoms with Gasteiger partial charge in [-0.15, -0.1) is 0 Å². The van der Waals surface area contributed by atoms with Crippen molar-refractivity contribution in [3.8, 4) is 0 Å². The van der Waals surface area contributed by atoms with Gasteiger partial charge in [0.1, 0.15) is 0 Å². The monoisotopic (exact) mass is 368 g/mol. The third kappa shape index (κ3) is 4.43. The van der Waals surface area contributed by atoms with Crippen LogP contribution in [-0.4, -0.2) is 15.8 Å². The summed E-state index contributed by atoms with van der Waals surface area (Å²) in [7, 11) is 0. The van der Waals surface area contributed by atoms with Crippen LogP contribution in [0, 0.1) is 13.8 Å². The number of halogens is 1. The molecule has 6 heteroatoms. The van der Waals surface area contributed by atoms with Gasteiger partial charge in [-0.05, 0) is 43.7 Å². The second-order valence-corrected chi connectivity index (χ2v) is 6.54. The highest BCUT2D eigenvalue weighted by molar-refractivity contribution is 6.30. The van der Waals surface area contributed by atoms with E-state index in [2.05, 4.69) is 27.9 Å². The van der Waals surface area contributed by atoms with E-state index in [9.17, 15) is 4.79 Å². The molecule has 0 unspecified atom stereocenters. The standard InChI is InChI=1S/C20H21ClN4O/c1-14-19(12-22-20(26)23-18-10-8-17(21)9-11-18)15(2)25(24-14)13-16-6-4-3-5-7-16/h3-11H,12-13H2,1-2H3,(H2,22,23,26). The molecule has 26 heavy (non-hydrogen) atoms. The van der Waals surface area contributed by atoms with Crippen LogP contribution in [0.5, 0.6) is 0 Å². The van der Waals surface area contributed by atoms with Gasteiger partial charge in [-0.3, -0.25) is 4.68 Å². The van der Waals surface area contributed by atoms with Crippen molar-refractivity contribution in [3.63, 3.8) is 0 Å². The number of urea groups is 1. The number of carbonyl (C=O) groups excluding carboxylic acids is 1. The van der Waals surface area contributed by atoms with E-state index < -0.39 is 0 Å². The Hall–Kier alpha value is -2.79. The zero-order valence-electron chi connectivity index (χ0n) is 14.8. The number of benzene rings is 2. The molecule has 0 aliphatic rings. The first kappa shape index (κ1) is 18.0. The molecule has 3 rings (SSSR count). The molecule has 2 aromatic carbocycles. The molecule has 0 saturated carbocycles. The Kier molecular flexibility index (Phi) is 5.58. The summed E-state index contributed by atoms with van der Waals surface area (Å²) in [6, 6.07) is 16.9. The zero-order chi connectivity index (χ0) is 18.5. The summed E-state index contributed by atoms with van der Waals surface area (Å²) >= 11 is 5.85. The van der Waals surface area contributed by atoms with Crippen LogP contribution in [0.2, 0.25) is 5.02 Å². The Bertz CT molecular complexity index is 888. The van der Waals surface area contributed by atoms with Crippen molar-refractivity contribution in [1.29, 1.82) is 0 Å². The molecule has 0 radical (unpaired) electrons. The van der Waals surface area contributed by atoms with E-state index in [1.807, 2.05) is 36.7 Å². The van der Waals surface area contributed by atoms with Gasteiger partial charge < -0.3 is 10.6 Å². The van der Waals surface area contributed by atoms with Crippen molar-refractivity contribution in [3.05, 3.63) is 82.1 Å². The molecule has 1 aromatic heterocycles. The van der Waals surface area contributed by atoms with Gasteiger partial charge >= 0.3 is 6.03 Å². The molecule has 0 bridgehead atoms. The Morgan fingerprint density at radius 3 is 2.46 bits per heavy atom. The largest absolute Gasteiger partial charge is 0.334 e. The first-order chi connectivity index (χ1) is 12.5. The number of amides is 2. The Labute approximate surface area is 158 Å². The Balaban J connectivity index is 1.62. The van der Waals surface area contributed by atoms with E-state index in [0.717, 1.165) is 17.0 Å². The number of hydrogen-bond donors (Lipinski definition) is 2. The van der Waals surface area contributed by atoms with Crippen LogP contribution in [-0.2, 0) is 13.1 Å². The minimum Gasteiger partial charge on any atom is -0.334 e. The molecule has 2 amide bonds. The molecule has 134 valence electrons. The highest BCUT2D eigenvalue weighted by atomic mass is 35.5. The predicted octanol–water partition coefficient (Wildman–Crippen LogP) is 4.52. The lowest BCUT2D eigenvalue weighted by Crippen LogP contribution is -2.28. The molecule has 0 atom stereocenters. The Morgan fingerprint density at radius 2 is 1.77 bits per heavy atom. The fourth-order valence-electron chi connectivity index (χ4n) is 2.78. The highest BCUT2D eigenvalue weighted by Gasteiger charge is 2.13. The normalized spacial score (nSPS) is 10.6. The van der Waals surface area contributed by atoms with Gasteiger partial charge in [0.25, 0.3) is 0 Å². The molecule has 0 spiro atoms. The second kappa shape index (κ2) is 8.06. The zero-order valence-corrected chi connectivity index (χ0v) is 15.5. The van der Waals surface area contributed by atoms with Crippen LogP contribution in [0.1, 0.15) is 22.5 Å². The average molecular weight is 369 g/mol. The number of aryl methyl sites for hydroxylation is 1. The summed E-state index contributed by atoms with van der Waals surface area (Å²) in [4.78, 5) is 12.1. The fourth-order valence-corrected chi connectivity index (χ4v) is 2.90. The van der Waals surface area contributed by atoms with Crippen molar-refractivity contribution < 1.29 is 4.79 Å². The SMILES string of the molecule is Cc1nn(Cc2ccccc2)c(C)c1CNC(=O)Nc1ccc(Cl)cc1. The van der Waals surface area contributed by atoms with Crippen LogP contribution in [0.4, 0.5) is 10.5 Å². The number of aromatic nitrogens is 2. The molecule has 0 aliphatic carbocycles. The number of carbonyl (C=O) groups is 1. The summed E-state index contributed by atoms with van der Waals surface area (Å²) in [5.41, 5.74) is 4.90. The lowest BCUT2D eigenvalue weighted by molar-refractivity contribution is 0.251. The van der Waals surface area contributed by atoms with Crippen LogP contribution < -0.4 is 10.6 Å². The van der Waals surface area contributed by atoms with E-state index in [4.69, 9.17) is 11.6 Å². The quantitative estimate of drug-likeness (QED) is 0.695. The third-order valence-corrected chi connectivity index (χ3v) is 4.49. The van der Waals surface area contributed by atoms with Crippen LogP contribution in [0.15, 0.2) is 54.6 Å². The topological polar surface area (TPSA) is 59.0 Å². The van der Waals surface area contributed by atoms with Crippen LogP contribution >= 0.6 is 11.6 Å². The van der Waals surface area contributed by atoms with Gasteiger partial charge in [-0.2, -0.15) is 5.10 Å². The summed E-state index contributed by atoms with van der Waals surface area (Å²) < 4.78 is 1.97. The van der Waals surface area contributed by atoms with Crippen molar-refractivity contribution >= 4 is 23.3 Å². The maximum atomic E-state index is 12.1. The van der Waals surface area contributed by atoms with E-state index in [1.165, 1.54) is 5.56 Å². The summed E-state index contributed by atoms with van der Waals surface area (Å²) in [5, 5.41) is 10.9. The number of hydrogen-bond acceptors (Lipinski definition) is 2. The molecule has 0 aliphatic heterocycles. The molecule has 3 aromatic rings. The molecular weight excluding hydrogens is 348 g/mol. The minimum atomic E-state index is -0.262. The van der Waals surface area contributed by atoms with Crippen molar-refractivity contribution in [2.75, 3.05) is 5.32 Å². The average Bonchev–Trinajstić information content (AvgIpc) is 2.89. The smallest absolute Gasteiger partial charge is 0.319 e. The van der Waals surface area contributed by atoms with Gasteiger partial charge in [0, 0.05) is 28.5 Å². The second-order valence-electron chi connectivity index (χ2n) is 6.11. The highest BCUT2D eigenvalue weighted by Crippen LogP contribution is 2.16. The van der Waals surface area contributed by atoms with Crippen LogP contribution in [0.25, 0.3) is 0 Å². The van der Waals surface area contributed by atoms with Gasteiger partial charge in [-0.1, -0.05) is 41.9 Å². The number of anilines is 1.